The molecule has 1 aliphatic rings. The molecule has 0 saturated heterocycles. The zero-order valence-corrected chi connectivity index (χ0v) is 47.4. The van der Waals surface area contributed by atoms with Gasteiger partial charge in [-0.25, -0.2) is 52.1 Å². The van der Waals surface area contributed by atoms with Gasteiger partial charge in [0.1, 0.15) is 0 Å². The minimum absolute atomic E-state index is 0.0576. The minimum atomic E-state index is -4.54. The molecule has 4 bridgehead atoms. The Kier molecular flexibility index (Phi) is 17.4. The molecule has 5 aromatic carbocycles. The molecule has 0 atom stereocenters. The van der Waals surface area contributed by atoms with E-state index in [1.807, 2.05) is 13.8 Å². The second-order valence-electron chi connectivity index (χ2n) is 19.0. The van der Waals surface area contributed by atoms with Gasteiger partial charge in [0.15, 0.2) is 0 Å². The summed E-state index contributed by atoms with van der Waals surface area (Å²) in [6.45, 7) is 4.51. The average molecular weight is 1140 g/mol. The van der Waals surface area contributed by atoms with Crippen molar-refractivity contribution in [1.29, 1.82) is 0 Å². The molecule has 0 amide bonds. The van der Waals surface area contributed by atoms with Gasteiger partial charge in [0.2, 0.25) is 50.1 Å². The Morgan fingerprint density at radius 1 is 0.273 bits per heavy atom. The van der Waals surface area contributed by atoms with Gasteiger partial charge < -0.3 is 0 Å². The van der Waals surface area contributed by atoms with Crippen LogP contribution in [-0.4, -0.2) is 126 Å². The lowest BCUT2D eigenvalue weighted by molar-refractivity contribution is 0.291. The third kappa shape index (κ3) is 13.3. The van der Waals surface area contributed by atoms with E-state index in [0.29, 0.717) is 11.4 Å². The summed E-state index contributed by atoms with van der Waals surface area (Å²) in [5.74, 6) is 0. The maximum Gasteiger partial charge on any atom is 0.243 e. The van der Waals surface area contributed by atoms with Crippen LogP contribution in [0.4, 0.5) is 0 Å². The molecule has 0 unspecified atom stereocenters. The summed E-state index contributed by atoms with van der Waals surface area (Å²) in [5.41, 5.74) is 5.12. The van der Waals surface area contributed by atoms with Crippen molar-refractivity contribution < 1.29 is 42.1 Å². The zero-order chi connectivity index (χ0) is 55.3. The van der Waals surface area contributed by atoms with Crippen LogP contribution >= 0.6 is 0 Å². The second-order valence-corrected chi connectivity index (χ2v) is 28.7. The van der Waals surface area contributed by atoms with Crippen molar-refractivity contribution in [2.24, 2.45) is 0 Å². The smallest absolute Gasteiger partial charge is 0.243 e. The Bertz CT molecular complexity index is 3580. The van der Waals surface area contributed by atoms with Crippen molar-refractivity contribution in [2.75, 3.05) is 52.4 Å². The molecule has 0 spiro atoms. The lowest BCUT2D eigenvalue weighted by atomic mass is 10.2. The molecule has 0 saturated carbocycles. The summed E-state index contributed by atoms with van der Waals surface area (Å²) >= 11 is 0. The highest BCUT2D eigenvalue weighted by Crippen LogP contribution is 2.27. The van der Waals surface area contributed by atoms with E-state index in [2.05, 4.69) is 0 Å². The van der Waals surface area contributed by atoms with E-state index in [1.165, 1.54) is 60.7 Å². The maximum absolute atomic E-state index is 15.0. The number of aryl methyl sites for hydroxylation is 5. The Morgan fingerprint density at radius 3 is 0.688 bits per heavy atom. The van der Waals surface area contributed by atoms with Gasteiger partial charge in [-0.1, -0.05) is 101 Å². The Hall–Kier alpha value is -6.05. The van der Waals surface area contributed by atoms with Crippen LogP contribution in [0.25, 0.3) is 11.4 Å². The first kappa shape index (κ1) is 57.1. The van der Waals surface area contributed by atoms with Gasteiger partial charge in [0.05, 0.1) is 60.3 Å². The number of pyridine rings is 2. The third-order valence-electron chi connectivity index (χ3n) is 13.2. The second kappa shape index (κ2) is 23.5. The van der Waals surface area contributed by atoms with E-state index < -0.39 is 102 Å². The van der Waals surface area contributed by atoms with Gasteiger partial charge >= 0.3 is 0 Å². The highest BCUT2D eigenvalue weighted by molar-refractivity contribution is 7.90. The molecule has 17 nitrogen and oxygen atoms in total. The topological polar surface area (TPSA) is 213 Å². The van der Waals surface area contributed by atoms with Crippen molar-refractivity contribution in [3.63, 3.8) is 0 Å². The molecule has 3 heterocycles. The fraction of sp³-hybridized carbons (Fsp3) is 0.273. The summed E-state index contributed by atoms with van der Waals surface area (Å²) in [6, 6.07) is 40.5. The Labute approximate surface area is 453 Å². The minimum Gasteiger partial charge on any atom is -0.250 e. The highest BCUT2D eigenvalue weighted by Gasteiger charge is 2.35. The molecule has 1 aliphatic heterocycles. The first-order valence-corrected chi connectivity index (χ1v) is 31.9. The van der Waals surface area contributed by atoms with Gasteiger partial charge in [-0.3, -0.25) is 0 Å². The summed E-state index contributed by atoms with van der Waals surface area (Å²) in [5, 5.41) is 0. The summed E-state index contributed by atoms with van der Waals surface area (Å²) < 4.78 is 154. The lowest BCUT2D eigenvalue weighted by Crippen LogP contribution is -2.47. The van der Waals surface area contributed by atoms with E-state index in [0.717, 1.165) is 49.3 Å². The molecular weight excluding hydrogens is 1080 g/mol. The lowest BCUT2D eigenvalue weighted by Gasteiger charge is -2.31. The van der Waals surface area contributed by atoms with Gasteiger partial charge in [0, 0.05) is 52.4 Å². The van der Waals surface area contributed by atoms with Crippen molar-refractivity contribution in [2.45, 2.75) is 72.2 Å². The highest BCUT2D eigenvalue weighted by atomic mass is 32.2. The molecule has 77 heavy (non-hydrogen) atoms. The number of hydrogen-bond donors (Lipinski definition) is 0. The predicted molar refractivity (Wildman–Crippen MR) is 295 cm³/mol. The fourth-order valence-corrected chi connectivity index (χ4v) is 15.7. The van der Waals surface area contributed by atoms with Crippen molar-refractivity contribution in [1.82, 2.24) is 31.5 Å². The SMILES string of the molecule is Cc1ccc(S(=O)(=O)N2CCN(S(=O)(=O)c3ccc(C)cc3)CCN(S(=O)(=O)c3ccc(C)cc3)Cc3cccc(n3)-c3cccc(n3)CN(S(=O)(=O)c3ccc(C)cc3)CCN(S(=O)(=O)c3ccc(C)cc3)CC2)cc1. The molecule has 0 radical (unpaired) electrons. The molecule has 406 valence electrons. The normalized spacial score (nSPS) is 16.4. The fourth-order valence-electron chi connectivity index (χ4n) is 8.60. The maximum atomic E-state index is 15.0. The van der Waals surface area contributed by atoms with E-state index in [-0.39, 0.29) is 49.0 Å². The predicted octanol–water partition coefficient (Wildman–Crippen LogP) is 7.15. The quantitative estimate of drug-likeness (QED) is 0.134. The van der Waals surface area contributed by atoms with Crippen LogP contribution in [-0.2, 0) is 63.2 Å². The summed E-state index contributed by atoms with van der Waals surface area (Å²) in [7, 11) is -22.3. The van der Waals surface area contributed by atoms with Crippen LogP contribution < -0.4 is 0 Å². The molecule has 2 aromatic heterocycles. The van der Waals surface area contributed by atoms with Crippen LogP contribution in [0.1, 0.15) is 39.2 Å². The molecular formula is C55H61N7O10S5. The van der Waals surface area contributed by atoms with Crippen molar-refractivity contribution >= 4 is 50.1 Å². The Balaban J connectivity index is 1.30. The molecule has 8 rings (SSSR count). The van der Waals surface area contributed by atoms with Crippen molar-refractivity contribution in [3.8, 4) is 11.4 Å². The van der Waals surface area contributed by atoms with Crippen LogP contribution in [0, 0.1) is 34.6 Å². The average Bonchev–Trinajstić information content (AvgIpc) is 3.39. The van der Waals surface area contributed by atoms with Crippen LogP contribution in [0.5, 0.6) is 0 Å². The van der Waals surface area contributed by atoms with E-state index in [1.54, 1.807) is 118 Å². The molecule has 22 heteroatoms. The van der Waals surface area contributed by atoms with Crippen LogP contribution in [0.3, 0.4) is 0 Å². The standard InChI is InChI=1S/C55H61N7O10S5/c1-42-12-22-49(23-13-42)73(63,64)58-32-34-59(74(65,66)50-24-14-43(2)15-25-50)36-38-61(76(69,70)52-28-18-45(4)19-29-52)40-47-8-6-10-54(56-47)55-11-7-9-48(57-55)41-62(77(71,72)53-30-20-46(5)21-31-53)39-37-60(35-33-58)75(67,68)51-26-16-44(3)17-27-51/h6-31H,32-41H2,1-5H3. The molecule has 7 aromatic rings. The number of nitrogens with zero attached hydrogens (tertiary/aromatic N) is 7. The number of benzene rings is 5. The van der Waals surface area contributed by atoms with Crippen molar-refractivity contribution in [3.05, 3.63) is 197 Å². The molecule has 0 aliphatic carbocycles. The van der Waals surface area contributed by atoms with Gasteiger partial charge in [-0.15, -0.1) is 0 Å². The Morgan fingerprint density at radius 2 is 0.468 bits per heavy atom. The van der Waals surface area contributed by atoms with Crippen LogP contribution in [0.15, 0.2) is 182 Å². The van der Waals surface area contributed by atoms with E-state index >= 15 is 0 Å². The van der Waals surface area contributed by atoms with E-state index in [4.69, 9.17) is 9.97 Å². The largest absolute Gasteiger partial charge is 0.250 e. The number of sulfonamides is 5. The first-order chi connectivity index (χ1) is 36.4. The summed E-state index contributed by atoms with van der Waals surface area (Å²) in [4.78, 5) is 9.15. The molecule has 0 fully saturated rings. The van der Waals surface area contributed by atoms with Gasteiger partial charge in [-0.05, 0) is 120 Å². The van der Waals surface area contributed by atoms with E-state index in [9.17, 15) is 42.1 Å². The molecule has 0 N–H and O–H groups in total. The first-order valence-electron chi connectivity index (χ1n) is 24.7. The monoisotopic (exact) mass is 1140 g/mol. The number of aromatic nitrogens is 2. The summed E-state index contributed by atoms with van der Waals surface area (Å²) in [6.07, 6.45) is 0. The van der Waals surface area contributed by atoms with Gasteiger partial charge in [0.25, 0.3) is 0 Å². The van der Waals surface area contributed by atoms with Gasteiger partial charge in [-0.2, -0.15) is 21.5 Å². The van der Waals surface area contributed by atoms with Crippen LogP contribution in [0.2, 0.25) is 0 Å². The zero-order valence-electron chi connectivity index (χ0n) is 43.3. The number of hydrogen-bond acceptors (Lipinski definition) is 12. The third-order valence-corrected chi connectivity index (χ3v) is 22.7. The number of rotatable bonds is 10. The number of fused-ring (bicyclic) bond motifs is 5.